The molecule has 1 fully saturated rings. The van der Waals surface area contributed by atoms with Gasteiger partial charge in [-0.15, -0.1) is 11.3 Å². The van der Waals surface area contributed by atoms with Crippen molar-refractivity contribution in [2.75, 3.05) is 13.2 Å². The van der Waals surface area contributed by atoms with E-state index < -0.39 is 0 Å². The van der Waals surface area contributed by atoms with Crippen LogP contribution >= 0.6 is 11.3 Å². The third-order valence-electron chi connectivity index (χ3n) is 3.89. The third-order valence-corrected chi connectivity index (χ3v) is 4.85. The van der Waals surface area contributed by atoms with Crippen LogP contribution in [-0.4, -0.2) is 19.3 Å². The first-order chi connectivity index (χ1) is 8.71. The summed E-state index contributed by atoms with van der Waals surface area (Å²) in [5, 5.41) is 3.71. The van der Waals surface area contributed by atoms with Gasteiger partial charge < -0.3 is 10.5 Å². The van der Waals surface area contributed by atoms with Gasteiger partial charge in [-0.1, -0.05) is 18.2 Å². The van der Waals surface area contributed by atoms with Crippen molar-refractivity contribution >= 4 is 21.4 Å². The molecule has 1 aliphatic rings. The lowest BCUT2D eigenvalue weighted by atomic mass is 9.74. The summed E-state index contributed by atoms with van der Waals surface area (Å²) in [6, 6.07) is 8.92. The zero-order valence-corrected chi connectivity index (χ0v) is 11.5. The molecule has 1 unspecified atom stereocenters. The van der Waals surface area contributed by atoms with E-state index in [4.69, 9.17) is 10.5 Å². The molecule has 0 amide bonds. The summed E-state index contributed by atoms with van der Waals surface area (Å²) >= 11 is 1.84. The van der Waals surface area contributed by atoms with Crippen LogP contribution in [0.3, 0.4) is 0 Å². The van der Waals surface area contributed by atoms with Crippen LogP contribution in [0.1, 0.15) is 25.3 Å². The van der Waals surface area contributed by atoms with Crippen LogP contribution in [0.25, 0.3) is 10.1 Å². The van der Waals surface area contributed by atoms with Crippen molar-refractivity contribution in [3.05, 3.63) is 35.2 Å². The predicted octanol–water partition coefficient (Wildman–Crippen LogP) is 3.30. The van der Waals surface area contributed by atoms with Crippen LogP contribution in [0.2, 0.25) is 0 Å². The Balaban J connectivity index is 1.96. The number of rotatable bonds is 4. The standard InChI is InChI=1S/C15H19NOS/c1-11(16)6-7-15(9-17-10-15)13-8-18-14-5-3-2-4-12(13)14/h2-5,8,11H,6-7,9-10,16H2,1H3. The van der Waals surface area contributed by atoms with Gasteiger partial charge in [0, 0.05) is 16.2 Å². The fourth-order valence-corrected chi connectivity index (χ4v) is 3.76. The topological polar surface area (TPSA) is 35.2 Å². The Morgan fingerprint density at radius 1 is 1.39 bits per heavy atom. The molecule has 0 aliphatic carbocycles. The van der Waals surface area contributed by atoms with Gasteiger partial charge >= 0.3 is 0 Å². The van der Waals surface area contributed by atoms with Gasteiger partial charge in [0.25, 0.3) is 0 Å². The Hall–Kier alpha value is -0.900. The van der Waals surface area contributed by atoms with Crippen LogP contribution in [0.15, 0.2) is 29.6 Å². The molecule has 2 nitrogen and oxygen atoms in total. The number of thiophene rings is 1. The van der Waals surface area contributed by atoms with Gasteiger partial charge in [0.1, 0.15) is 0 Å². The van der Waals surface area contributed by atoms with Gasteiger partial charge in [0.2, 0.25) is 0 Å². The van der Waals surface area contributed by atoms with Crippen LogP contribution in [-0.2, 0) is 10.2 Å². The van der Waals surface area contributed by atoms with E-state index in [0.717, 1.165) is 26.1 Å². The van der Waals surface area contributed by atoms with E-state index in [-0.39, 0.29) is 11.5 Å². The van der Waals surface area contributed by atoms with E-state index >= 15 is 0 Å². The molecule has 1 atom stereocenters. The van der Waals surface area contributed by atoms with Gasteiger partial charge in [0.05, 0.1) is 13.2 Å². The van der Waals surface area contributed by atoms with Crippen molar-refractivity contribution in [1.82, 2.24) is 0 Å². The zero-order valence-electron chi connectivity index (χ0n) is 10.7. The van der Waals surface area contributed by atoms with Gasteiger partial charge in [-0.25, -0.2) is 0 Å². The first kappa shape index (κ1) is 12.2. The maximum atomic E-state index is 5.91. The van der Waals surface area contributed by atoms with Gasteiger partial charge in [-0.05, 0) is 42.2 Å². The largest absolute Gasteiger partial charge is 0.379 e. The highest BCUT2D eigenvalue weighted by atomic mass is 32.1. The average molecular weight is 261 g/mol. The van der Waals surface area contributed by atoms with Crippen molar-refractivity contribution in [1.29, 1.82) is 0 Å². The summed E-state index contributed by atoms with van der Waals surface area (Å²) in [6.45, 7) is 3.78. The smallest absolute Gasteiger partial charge is 0.0586 e. The van der Waals surface area contributed by atoms with Gasteiger partial charge in [-0.3, -0.25) is 0 Å². The lowest BCUT2D eigenvalue weighted by Crippen LogP contribution is -2.47. The first-order valence-corrected chi connectivity index (χ1v) is 7.39. The number of nitrogens with two attached hydrogens (primary N) is 1. The lowest BCUT2D eigenvalue weighted by Gasteiger charge is -2.42. The molecule has 3 heteroatoms. The molecule has 1 aromatic heterocycles. The van der Waals surface area contributed by atoms with E-state index in [1.165, 1.54) is 15.6 Å². The molecule has 18 heavy (non-hydrogen) atoms. The summed E-state index contributed by atoms with van der Waals surface area (Å²) in [7, 11) is 0. The van der Waals surface area contributed by atoms with Crippen molar-refractivity contribution in [2.45, 2.75) is 31.2 Å². The summed E-state index contributed by atoms with van der Waals surface area (Å²) in [5.74, 6) is 0. The Morgan fingerprint density at radius 3 is 2.83 bits per heavy atom. The molecule has 3 rings (SSSR count). The Bertz CT molecular complexity index is 542. The molecule has 0 saturated carbocycles. The molecule has 1 aliphatic heterocycles. The summed E-state index contributed by atoms with van der Waals surface area (Å²) in [5.41, 5.74) is 7.59. The molecule has 0 spiro atoms. The molecular formula is C15H19NOS. The van der Waals surface area contributed by atoms with Gasteiger partial charge in [-0.2, -0.15) is 0 Å². The number of ether oxygens (including phenoxy) is 1. The summed E-state index contributed by atoms with van der Waals surface area (Å²) in [6.07, 6.45) is 2.19. The molecule has 1 aromatic carbocycles. The van der Waals surface area contributed by atoms with Crippen molar-refractivity contribution in [2.24, 2.45) is 5.73 Å². The predicted molar refractivity (Wildman–Crippen MR) is 77.2 cm³/mol. The fraction of sp³-hybridized carbons (Fsp3) is 0.467. The maximum Gasteiger partial charge on any atom is 0.0586 e. The van der Waals surface area contributed by atoms with E-state index in [1.54, 1.807) is 0 Å². The quantitative estimate of drug-likeness (QED) is 0.916. The molecule has 2 heterocycles. The Kier molecular flexibility index (Phi) is 3.14. The molecule has 2 N–H and O–H groups in total. The fourth-order valence-electron chi connectivity index (χ4n) is 2.68. The second-order valence-corrected chi connectivity index (χ2v) is 6.35. The monoisotopic (exact) mass is 261 g/mol. The highest BCUT2D eigenvalue weighted by Crippen LogP contribution is 2.42. The van der Waals surface area contributed by atoms with E-state index in [0.29, 0.717) is 0 Å². The van der Waals surface area contributed by atoms with Crippen molar-refractivity contribution < 1.29 is 4.74 Å². The number of hydrogen-bond donors (Lipinski definition) is 1. The molecule has 1 saturated heterocycles. The van der Waals surface area contributed by atoms with Crippen LogP contribution in [0.4, 0.5) is 0 Å². The number of fused-ring (bicyclic) bond motifs is 1. The average Bonchev–Trinajstić information content (AvgIpc) is 2.72. The highest BCUT2D eigenvalue weighted by Gasteiger charge is 2.41. The SMILES string of the molecule is CC(N)CCC1(c2csc3ccccc23)COC1. The second-order valence-electron chi connectivity index (χ2n) is 5.43. The minimum Gasteiger partial charge on any atom is -0.379 e. The van der Waals surface area contributed by atoms with Crippen LogP contribution < -0.4 is 5.73 Å². The number of benzene rings is 1. The summed E-state index contributed by atoms with van der Waals surface area (Å²) in [4.78, 5) is 0. The summed E-state index contributed by atoms with van der Waals surface area (Å²) < 4.78 is 6.88. The van der Waals surface area contributed by atoms with Crippen LogP contribution in [0, 0.1) is 0 Å². The number of hydrogen-bond acceptors (Lipinski definition) is 3. The minimum atomic E-state index is 0.216. The molecule has 2 aromatic rings. The molecule has 0 radical (unpaired) electrons. The Morgan fingerprint density at radius 2 is 2.17 bits per heavy atom. The maximum absolute atomic E-state index is 5.91. The second kappa shape index (κ2) is 4.65. The zero-order chi connectivity index (χ0) is 12.6. The minimum absolute atomic E-state index is 0.216. The lowest BCUT2D eigenvalue weighted by molar-refractivity contribution is -0.0647. The van der Waals surface area contributed by atoms with Crippen molar-refractivity contribution in [3.8, 4) is 0 Å². The van der Waals surface area contributed by atoms with Crippen molar-refractivity contribution in [3.63, 3.8) is 0 Å². The Labute approximate surface area is 112 Å². The van der Waals surface area contributed by atoms with E-state index in [2.05, 4.69) is 36.6 Å². The van der Waals surface area contributed by atoms with Crippen LogP contribution in [0.5, 0.6) is 0 Å². The molecule has 96 valence electrons. The third kappa shape index (κ3) is 1.96. The molecular weight excluding hydrogens is 242 g/mol. The van der Waals surface area contributed by atoms with E-state index in [1.807, 2.05) is 11.3 Å². The first-order valence-electron chi connectivity index (χ1n) is 6.51. The highest BCUT2D eigenvalue weighted by molar-refractivity contribution is 7.17. The molecule has 0 bridgehead atoms. The van der Waals surface area contributed by atoms with Gasteiger partial charge in [0.15, 0.2) is 0 Å². The van der Waals surface area contributed by atoms with E-state index in [9.17, 15) is 0 Å². The normalized spacial score (nSPS) is 19.7.